The Morgan fingerprint density at radius 2 is 1.84 bits per heavy atom. The van der Waals surface area contributed by atoms with E-state index in [4.69, 9.17) is 0 Å². The van der Waals surface area contributed by atoms with Gasteiger partial charge in [-0.3, -0.25) is 0 Å². The smallest absolute Gasteiger partial charge is 0.155 e. The van der Waals surface area contributed by atoms with Crippen molar-refractivity contribution in [3.63, 3.8) is 0 Å². The summed E-state index contributed by atoms with van der Waals surface area (Å²) in [5.74, 6) is 0.494. The molecule has 2 nitrogen and oxygen atoms in total. The highest BCUT2D eigenvalue weighted by Gasteiger charge is 2.37. The Kier molecular flexibility index (Phi) is 4.72. The van der Waals surface area contributed by atoms with Crippen molar-refractivity contribution in [3.8, 4) is 0 Å². The number of rotatable bonds is 5. The maximum Gasteiger partial charge on any atom is 0.155 e. The molecule has 0 N–H and O–H groups in total. The Morgan fingerprint density at radius 1 is 1.21 bits per heavy atom. The van der Waals surface area contributed by atoms with E-state index in [9.17, 15) is 8.42 Å². The Bertz CT molecular complexity index is 531. The zero-order valence-electron chi connectivity index (χ0n) is 11.4. The lowest BCUT2D eigenvalue weighted by atomic mass is 9.92. The second kappa shape index (κ2) is 5.96. The fraction of sp³-hybridized carbons (Fsp3) is 0.600. The summed E-state index contributed by atoms with van der Waals surface area (Å²) in [7, 11) is -3.04. The molecule has 2 rings (SSSR count). The van der Waals surface area contributed by atoms with Gasteiger partial charge in [0, 0.05) is 5.33 Å². The van der Waals surface area contributed by atoms with E-state index in [0.29, 0.717) is 5.75 Å². The van der Waals surface area contributed by atoms with Gasteiger partial charge >= 0.3 is 0 Å². The van der Waals surface area contributed by atoms with Crippen molar-refractivity contribution < 1.29 is 8.42 Å². The van der Waals surface area contributed by atoms with Crippen molar-refractivity contribution >= 4 is 25.8 Å². The molecule has 0 radical (unpaired) electrons. The van der Waals surface area contributed by atoms with Gasteiger partial charge in [0.15, 0.2) is 9.84 Å². The SMILES string of the molecule is Cc1ccccc1CS(=O)(=O)CC1(CBr)CCCC1. The van der Waals surface area contributed by atoms with Crippen molar-refractivity contribution in [1.29, 1.82) is 0 Å². The summed E-state index contributed by atoms with van der Waals surface area (Å²) >= 11 is 3.52. The highest BCUT2D eigenvalue weighted by Crippen LogP contribution is 2.41. The van der Waals surface area contributed by atoms with Gasteiger partial charge in [0.1, 0.15) is 0 Å². The average Bonchev–Trinajstić information content (AvgIpc) is 2.80. The zero-order chi connectivity index (χ0) is 13.9. The molecule has 0 spiro atoms. The summed E-state index contributed by atoms with van der Waals surface area (Å²) in [6, 6.07) is 7.75. The lowest BCUT2D eigenvalue weighted by Crippen LogP contribution is -2.29. The largest absolute Gasteiger partial charge is 0.228 e. The van der Waals surface area contributed by atoms with E-state index in [1.165, 1.54) is 0 Å². The summed E-state index contributed by atoms with van der Waals surface area (Å²) < 4.78 is 24.9. The first-order valence-electron chi connectivity index (χ1n) is 6.77. The van der Waals surface area contributed by atoms with Crippen LogP contribution in [0.15, 0.2) is 24.3 Å². The minimum atomic E-state index is -3.04. The van der Waals surface area contributed by atoms with Gasteiger partial charge in [-0.15, -0.1) is 0 Å². The van der Waals surface area contributed by atoms with Gasteiger partial charge in [0.2, 0.25) is 0 Å². The highest BCUT2D eigenvalue weighted by atomic mass is 79.9. The van der Waals surface area contributed by atoms with Gasteiger partial charge in [-0.05, 0) is 36.3 Å². The quantitative estimate of drug-likeness (QED) is 0.760. The van der Waals surface area contributed by atoms with E-state index in [1.807, 2.05) is 31.2 Å². The number of hydrogen-bond donors (Lipinski definition) is 0. The van der Waals surface area contributed by atoms with Gasteiger partial charge in [-0.2, -0.15) is 0 Å². The Labute approximate surface area is 124 Å². The zero-order valence-corrected chi connectivity index (χ0v) is 13.8. The summed E-state index contributed by atoms with van der Waals surface area (Å²) in [6.07, 6.45) is 4.38. The van der Waals surface area contributed by atoms with Gasteiger partial charge in [0.05, 0.1) is 11.5 Å². The minimum absolute atomic E-state index is 0.0263. The van der Waals surface area contributed by atoms with Crippen LogP contribution in [-0.4, -0.2) is 19.5 Å². The molecule has 0 bridgehead atoms. The highest BCUT2D eigenvalue weighted by molar-refractivity contribution is 9.09. The average molecular weight is 345 g/mol. The van der Waals surface area contributed by atoms with Gasteiger partial charge in [-0.25, -0.2) is 8.42 Å². The first kappa shape index (κ1) is 15.0. The molecule has 0 aromatic heterocycles. The Hall–Kier alpha value is -0.350. The summed E-state index contributed by atoms with van der Waals surface area (Å²) in [6.45, 7) is 1.97. The molecule has 1 fully saturated rings. The standard InChI is InChI=1S/C15H21BrO2S/c1-13-6-2-3-7-14(13)10-19(17,18)12-15(11-16)8-4-5-9-15/h2-3,6-7H,4-5,8-12H2,1H3. The molecule has 1 aromatic carbocycles. The van der Waals surface area contributed by atoms with Crippen LogP contribution in [0, 0.1) is 12.3 Å². The summed E-state index contributed by atoms with van der Waals surface area (Å²) in [4.78, 5) is 0. The molecular weight excluding hydrogens is 324 g/mol. The van der Waals surface area contributed by atoms with Crippen LogP contribution < -0.4 is 0 Å². The predicted octanol–water partition coefficient (Wildman–Crippen LogP) is 3.87. The maximum atomic E-state index is 12.5. The fourth-order valence-electron chi connectivity index (χ4n) is 2.97. The van der Waals surface area contributed by atoms with Crippen LogP contribution in [-0.2, 0) is 15.6 Å². The first-order chi connectivity index (χ1) is 8.96. The van der Waals surface area contributed by atoms with Crippen molar-refractivity contribution in [3.05, 3.63) is 35.4 Å². The van der Waals surface area contributed by atoms with Crippen molar-refractivity contribution in [1.82, 2.24) is 0 Å². The molecule has 0 saturated heterocycles. The molecule has 0 unspecified atom stereocenters. The van der Waals surface area contributed by atoms with Crippen LogP contribution in [0.25, 0.3) is 0 Å². The van der Waals surface area contributed by atoms with Crippen LogP contribution in [0.1, 0.15) is 36.8 Å². The monoisotopic (exact) mass is 344 g/mol. The molecule has 1 aliphatic carbocycles. The van der Waals surface area contributed by atoms with Crippen molar-refractivity contribution in [2.45, 2.75) is 38.4 Å². The van der Waals surface area contributed by atoms with Crippen LogP contribution >= 0.6 is 15.9 Å². The topological polar surface area (TPSA) is 34.1 Å². The predicted molar refractivity (Wildman–Crippen MR) is 83.4 cm³/mol. The van der Waals surface area contributed by atoms with E-state index < -0.39 is 9.84 Å². The van der Waals surface area contributed by atoms with Crippen LogP contribution in [0.4, 0.5) is 0 Å². The number of alkyl halides is 1. The number of benzene rings is 1. The molecule has 1 aliphatic rings. The molecule has 0 heterocycles. The first-order valence-corrected chi connectivity index (χ1v) is 9.72. The second-order valence-corrected chi connectivity index (χ2v) is 8.42. The molecule has 1 aromatic rings. The number of aryl methyl sites for hydroxylation is 1. The van der Waals surface area contributed by atoms with Gasteiger partial charge < -0.3 is 0 Å². The van der Waals surface area contributed by atoms with Gasteiger partial charge in [0.25, 0.3) is 0 Å². The molecule has 19 heavy (non-hydrogen) atoms. The Balaban J connectivity index is 2.13. The van der Waals surface area contributed by atoms with E-state index >= 15 is 0 Å². The van der Waals surface area contributed by atoms with E-state index in [-0.39, 0.29) is 11.2 Å². The lowest BCUT2D eigenvalue weighted by Gasteiger charge is -2.26. The molecule has 1 saturated carbocycles. The lowest BCUT2D eigenvalue weighted by molar-refractivity contribution is 0.394. The van der Waals surface area contributed by atoms with E-state index in [0.717, 1.165) is 42.1 Å². The van der Waals surface area contributed by atoms with E-state index in [2.05, 4.69) is 15.9 Å². The van der Waals surface area contributed by atoms with Gasteiger partial charge in [-0.1, -0.05) is 53.0 Å². The third-order valence-electron chi connectivity index (χ3n) is 4.11. The van der Waals surface area contributed by atoms with Crippen LogP contribution in [0.5, 0.6) is 0 Å². The summed E-state index contributed by atoms with van der Waals surface area (Å²) in [5, 5.41) is 0.799. The van der Waals surface area contributed by atoms with Crippen molar-refractivity contribution in [2.75, 3.05) is 11.1 Å². The third kappa shape index (κ3) is 3.82. The van der Waals surface area contributed by atoms with Crippen LogP contribution in [0.2, 0.25) is 0 Å². The molecule has 0 amide bonds. The van der Waals surface area contributed by atoms with Crippen LogP contribution in [0.3, 0.4) is 0 Å². The maximum absolute atomic E-state index is 12.5. The number of sulfone groups is 1. The van der Waals surface area contributed by atoms with E-state index in [1.54, 1.807) is 0 Å². The molecule has 4 heteroatoms. The molecule has 106 valence electrons. The number of hydrogen-bond acceptors (Lipinski definition) is 2. The molecular formula is C15H21BrO2S. The molecule has 0 atom stereocenters. The third-order valence-corrected chi connectivity index (χ3v) is 7.10. The molecule has 0 aliphatic heterocycles. The second-order valence-electron chi connectivity index (χ2n) is 5.80. The minimum Gasteiger partial charge on any atom is -0.228 e. The number of halogens is 1. The summed E-state index contributed by atoms with van der Waals surface area (Å²) in [5.41, 5.74) is 1.97. The fourth-order valence-corrected chi connectivity index (χ4v) is 6.21. The van der Waals surface area contributed by atoms with Crippen molar-refractivity contribution in [2.24, 2.45) is 5.41 Å². The normalized spacial score (nSPS) is 18.6. The Morgan fingerprint density at radius 3 is 2.42 bits per heavy atom.